The summed E-state index contributed by atoms with van der Waals surface area (Å²) < 4.78 is 14.3. The van der Waals surface area contributed by atoms with Crippen LogP contribution < -0.4 is 10.2 Å². The van der Waals surface area contributed by atoms with E-state index in [1.165, 1.54) is 28.8 Å². The summed E-state index contributed by atoms with van der Waals surface area (Å²) in [6.45, 7) is 7.36. The summed E-state index contributed by atoms with van der Waals surface area (Å²) in [6, 6.07) is 9.74. The zero-order valence-corrected chi connectivity index (χ0v) is 18.7. The second kappa shape index (κ2) is 10.3. The van der Waals surface area contributed by atoms with Crippen LogP contribution in [-0.4, -0.2) is 48.6 Å². The SMILES string of the molecule is CCN(CC)CCNC(=O)c1ccc2c(c1)N(Cc1c(F)cccc1Cl)C(=O)CS2. The monoisotopic (exact) mass is 449 g/mol. The van der Waals surface area contributed by atoms with E-state index in [2.05, 4.69) is 24.1 Å². The maximum Gasteiger partial charge on any atom is 0.251 e. The van der Waals surface area contributed by atoms with Crippen molar-refractivity contribution in [1.82, 2.24) is 10.2 Å². The van der Waals surface area contributed by atoms with E-state index in [0.29, 0.717) is 17.8 Å². The van der Waals surface area contributed by atoms with Crippen molar-refractivity contribution in [3.8, 4) is 0 Å². The highest BCUT2D eigenvalue weighted by atomic mass is 35.5. The molecule has 0 aromatic heterocycles. The molecular formula is C22H25ClFN3O2S. The molecule has 3 rings (SSSR count). The summed E-state index contributed by atoms with van der Waals surface area (Å²) in [6.07, 6.45) is 0. The van der Waals surface area contributed by atoms with Crippen LogP contribution in [-0.2, 0) is 11.3 Å². The Labute approximate surface area is 185 Å². The molecule has 0 spiro atoms. The molecule has 0 saturated heterocycles. The molecule has 1 N–H and O–H groups in total. The van der Waals surface area contributed by atoms with Gasteiger partial charge in [-0.15, -0.1) is 11.8 Å². The summed E-state index contributed by atoms with van der Waals surface area (Å²) in [5, 5.41) is 3.20. The number of thioether (sulfide) groups is 1. The molecule has 0 atom stereocenters. The number of likely N-dealkylation sites (N-methyl/N-ethyl adjacent to an activating group) is 1. The molecule has 30 heavy (non-hydrogen) atoms. The van der Waals surface area contributed by atoms with Crippen LogP contribution in [0.15, 0.2) is 41.3 Å². The third kappa shape index (κ3) is 5.14. The fraction of sp³-hybridized carbons (Fsp3) is 0.364. The van der Waals surface area contributed by atoms with E-state index in [9.17, 15) is 14.0 Å². The Hall–Kier alpha value is -2.09. The van der Waals surface area contributed by atoms with Crippen LogP contribution in [0.5, 0.6) is 0 Å². The fourth-order valence-electron chi connectivity index (χ4n) is 3.33. The van der Waals surface area contributed by atoms with Crippen molar-refractivity contribution in [1.29, 1.82) is 0 Å². The number of carbonyl (C=O) groups is 2. The molecule has 1 heterocycles. The second-order valence-corrected chi connectivity index (χ2v) is 8.36. The smallest absolute Gasteiger partial charge is 0.251 e. The summed E-state index contributed by atoms with van der Waals surface area (Å²) >= 11 is 7.57. The number of benzene rings is 2. The van der Waals surface area contributed by atoms with E-state index < -0.39 is 5.82 Å². The lowest BCUT2D eigenvalue weighted by Gasteiger charge is -2.30. The highest BCUT2D eigenvalue weighted by Gasteiger charge is 2.27. The normalized spacial score (nSPS) is 13.5. The topological polar surface area (TPSA) is 52.7 Å². The van der Waals surface area contributed by atoms with Crippen molar-refractivity contribution in [3.05, 3.63) is 58.4 Å². The number of nitrogens with zero attached hydrogens (tertiary/aromatic N) is 2. The van der Waals surface area contributed by atoms with E-state index in [0.717, 1.165) is 24.5 Å². The van der Waals surface area contributed by atoms with Gasteiger partial charge in [-0.3, -0.25) is 9.59 Å². The molecule has 8 heteroatoms. The van der Waals surface area contributed by atoms with Gasteiger partial charge in [0.25, 0.3) is 5.91 Å². The van der Waals surface area contributed by atoms with Gasteiger partial charge in [-0.25, -0.2) is 4.39 Å². The first-order valence-electron chi connectivity index (χ1n) is 9.95. The predicted molar refractivity (Wildman–Crippen MR) is 120 cm³/mol. The number of amides is 2. The first kappa shape index (κ1) is 22.6. The zero-order chi connectivity index (χ0) is 21.7. The van der Waals surface area contributed by atoms with Crippen LogP contribution in [0, 0.1) is 5.82 Å². The van der Waals surface area contributed by atoms with Gasteiger partial charge in [0.15, 0.2) is 0 Å². The average Bonchev–Trinajstić information content (AvgIpc) is 2.74. The van der Waals surface area contributed by atoms with Gasteiger partial charge in [0.2, 0.25) is 5.91 Å². The molecule has 1 aliphatic heterocycles. The third-order valence-electron chi connectivity index (χ3n) is 5.15. The van der Waals surface area contributed by atoms with Gasteiger partial charge in [0, 0.05) is 34.1 Å². The van der Waals surface area contributed by atoms with Gasteiger partial charge < -0.3 is 15.1 Å². The molecule has 1 aliphatic rings. The van der Waals surface area contributed by atoms with Crippen molar-refractivity contribution >= 4 is 40.9 Å². The molecule has 2 aromatic rings. The van der Waals surface area contributed by atoms with Crippen molar-refractivity contribution in [2.75, 3.05) is 36.8 Å². The van der Waals surface area contributed by atoms with Crippen LogP contribution in [0.2, 0.25) is 5.02 Å². The minimum absolute atomic E-state index is 0.0188. The van der Waals surface area contributed by atoms with Gasteiger partial charge in [0.1, 0.15) is 5.82 Å². The molecule has 0 fully saturated rings. The number of hydrogen-bond donors (Lipinski definition) is 1. The maximum atomic E-state index is 14.3. The van der Waals surface area contributed by atoms with Crippen LogP contribution in [0.3, 0.4) is 0 Å². The number of halogens is 2. The van der Waals surface area contributed by atoms with Crippen LogP contribution in [0.25, 0.3) is 0 Å². The summed E-state index contributed by atoms with van der Waals surface area (Å²) in [7, 11) is 0. The number of hydrogen-bond acceptors (Lipinski definition) is 4. The predicted octanol–water partition coefficient (Wildman–Crippen LogP) is 4.19. The third-order valence-corrected chi connectivity index (χ3v) is 6.55. The number of rotatable bonds is 8. The van der Waals surface area contributed by atoms with E-state index in [-0.39, 0.29) is 34.7 Å². The van der Waals surface area contributed by atoms with Gasteiger partial charge in [-0.05, 0) is 43.4 Å². The van der Waals surface area contributed by atoms with Crippen molar-refractivity contribution in [2.45, 2.75) is 25.3 Å². The number of fused-ring (bicyclic) bond motifs is 1. The Morgan fingerprint density at radius 2 is 2.03 bits per heavy atom. The summed E-state index contributed by atoms with van der Waals surface area (Å²) in [5.41, 5.74) is 1.33. The number of nitrogens with one attached hydrogen (secondary N) is 1. The maximum absolute atomic E-state index is 14.3. The Bertz CT molecular complexity index is 916. The Morgan fingerprint density at radius 1 is 1.27 bits per heavy atom. The van der Waals surface area contributed by atoms with Crippen LogP contribution in [0.4, 0.5) is 10.1 Å². The van der Waals surface area contributed by atoms with Gasteiger partial charge in [-0.1, -0.05) is 31.5 Å². The Balaban J connectivity index is 1.80. The molecule has 2 amide bonds. The lowest BCUT2D eigenvalue weighted by Crippen LogP contribution is -2.36. The second-order valence-electron chi connectivity index (χ2n) is 6.93. The molecule has 5 nitrogen and oxygen atoms in total. The first-order chi connectivity index (χ1) is 14.4. The molecule has 0 unspecified atom stereocenters. The van der Waals surface area contributed by atoms with Gasteiger partial charge >= 0.3 is 0 Å². The molecular weight excluding hydrogens is 425 g/mol. The lowest BCUT2D eigenvalue weighted by atomic mass is 10.1. The van der Waals surface area contributed by atoms with Gasteiger partial charge in [0.05, 0.1) is 18.0 Å². The molecule has 2 aromatic carbocycles. The first-order valence-corrected chi connectivity index (χ1v) is 11.3. The molecule has 0 saturated carbocycles. The average molecular weight is 450 g/mol. The van der Waals surface area contributed by atoms with Crippen molar-refractivity contribution < 1.29 is 14.0 Å². The Morgan fingerprint density at radius 3 is 2.73 bits per heavy atom. The van der Waals surface area contributed by atoms with Crippen molar-refractivity contribution in [3.63, 3.8) is 0 Å². The lowest BCUT2D eigenvalue weighted by molar-refractivity contribution is -0.116. The van der Waals surface area contributed by atoms with E-state index in [4.69, 9.17) is 11.6 Å². The largest absolute Gasteiger partial charge is 0.351 e. The zero-order valence-electron chi connectivity index (χ0n) is 17.1. The summed E-state index contributed by atoms with van der Waals surface area (Å²) in [5.74, 6) is -0.544. The minimum atomic E-state index is -0.458. The quantitative estimate of drug-likeness (QED) is 0.656. The summed E-state index contributed by atoms with van der Waals surface area (Å²) in [4.78, 5) is 29.8. The van der Waals surface area contributed by atoms with Crippen molar-refractivity contribution in [2.24, 2.45) is 0 Å². The molecule has 0 bridgehead atoms. The number of carbonyl (C=O) groups excluding carboxylic acids is 2. The minimum Gasteiger partial charge on any atom is -0.351 e. The molecule has 160 valence electrons. The highest BCUT2D eigenvalue weighted by Crippen LogP contribution is 2.37. The molecule has 0 radical (unpaired) electrons. The van der Waals surface area contributed by atoms with Crippen LogP contribution >= 0.6 is 23.4 Å². The van der Waals surface area contributed by atoms with E-state index in [1.807, 2.05) is 6.07 Å². The fourth-order valence-corrected chi connectivity index (χ4v) is 4.47. The Kier molecular flexibility index (Phi) is 7.75. The molecule has 0 aliphatic carbocycles. The van der Waals surface area contributed by atoms with E-state index >= 15 is 0 Å². The van der Waals surface area contributed by atoms with Crippen LogP contribution in [0.1, 0.15) is 29.8 Å². The standard InChI is InChI=1S/C22H25ClFN3O2S/c1-3-26(4-2)11-10-25-22(29)15-8-9-20-19(12-15)27(21(28)14-30-20)13-16-17(23)6-5-7-18(16)24/h5-9,12H,3-4,10-11,13-14H2,1-2H3,(H,25,29). The number of anilines is 1. The van der Waals surface area contributed by atoms with Gasteiger partial charge in [-0.2, -0.15) is 0 Å². The van der Waals surface area contributed by atoms with E-state index in [1.54, 1.807) is 18.2 Å². The highest BCUT2D eigenvalue weighted by molar-refractivity contribution is 8.00.